The first kappa shape index (κ1) is 27.1. The molecule has 12 heteroatoms. The highest BCUT2D eigenvalue weighted by Crippen LogP contribution is 2.37. The summed E-state index contributed by atoms with van der Waals surface area (Å²) in [5.41, 5.74) is 5.17. The molecule has 0 saturated carbocycles. The zero-order valence-electron chi connectivity index (χ0n) is 21.5. The number of fused-ring (bicyclic) bond motifs is 2. The van der Waals surface area contributed by atoms with E-state index in [1.807, 2.05) is 59.8 Å². The zero-order valence-corrected chi connectivity index (χ0v) is 22.3. The number of benzene rings is 2. The maximum atomic E-state index is 12.5. The fraction of sp³-hybridized carbons (Fsp3) is 0.179. The van der Waals surface area contributed by atoms with Crippen molar-refractivity contribution >= 4 is 42.2 Å². The van der Waals surface area contributed by atoms with Crippen LogP contribution in [0.25, 0.3) is 0 Å². The summed E-state index contributed by atoms with van der Waals surface area (Å²) < 4.78 is 48.2. The molecule has 1 unspecified atom stereocenters. The van der Waals surface area contributed by atoms with Gasteiger partial charge in [-0.05, 0) is 47.9 Å². The van der Waals surface area contributed by atoms with Crippen LogP contribution in [0.3, 0.4) is 0 Å². The number of carbonyl (C=O) groups is 1. The first-order valence-electron chi connectivity index (χ1n) is 12.3. The van der Waals surface area contributed by atoms with Crippen LogP contribution in [0.1, 0.15) is 25.3 Å². The Bertz CT molecular complexity index is 1460. The Morgan fingerprint density at radius 3 is 2.67 bits per heavy atom. The van der Waals surface area contributed by atoms with Gasteiger partial charge >= 0.3 is 12.4 Å². The quantitative estimate of drug-likeness (QED) is 0.217. The highest BCUT2D eigenvalue weighted by molar-refractivity contribution is 7.96. The number of nitrogens with one attached hydrogen (secondary N) is 2. The molecular formula is C28H25F3N6O2S. The lowest BCUT2D eigenvalue weighted by Gasteiger charge is -2.28. The molecule has 2 aromatic rings. The van der Waals surface area contributed by atoms with E-state index in [1.165, 1.54) is 12.1 Å². The van der Waals surface area contributed by atoms with Gasteiger partial charge in [0.2, 0.25) is 0 Å². The molecular weight excluding hydrogens is 541 g/mol. The number of anilines is 2. The predicted molar refractivity (Wildman–Crippen MR) is 152 cm³/mol. The molecule has 2 N–H and O–H groups in total. The number of rotatable bonds is 7. The normalized spacial score (nSPS) is 17.9. The smallest absolute Gasteiger partial charge is 0.406 e. The summed E-state index contributed by atoms with van der Waals surface area (Å²) in [6.45, 7) is 4.13. The maximum absolute atomic E-state index is 12.5. The molecule has 0 bridgehead atoms. The summed E-state index contributed by atoms with van der Waals surface area (Å²) in [6, 6.07) is 12.8. The van der Waals surface area contributed by atoms with Gasteiger partial charge in [0.25, 0.3) is 0 Å². The van der Waals surface area contributed by atoms with Crippen LogP contribution >= 0.6 is 12.1 Å². The molecule has 2 heterocycles. The average Bonchev–Trinajstić information content (AvgIpc) is 3.35. The van der Waals surface area contributed by atoms with Crippen LogP contribution in [0.2, 0.25) is 0 Å². The summed E-state index contributed by atoms with van der Waals surface area (Å²) >= 11 is 0.906. The Labute approximate surface area is 233 Å². The Kier molecular flexibility index (Phi) is 7.69. The van der Waals surface area contributed by atoms with Gasteiger partial charge in [0, 0.05) is 34.9 Å². The van der Waals surface area contributed by atoms with E-state index < -0.39 is 6.36 Å². The topological polar surface area (TPSA) is 81.6 Å². The molecule has 40 heavy (non-hydrogen) atoms. The van der Waals surface area contributed by atoms with Crippen LogP contribution in [0.4, 0.5) is 29.3 Å². The van der Waals surface area contributed by atoms with Crippen LogP contribution < -0.4 is 19.7 Å². The minimum atomic E-state index is -4.74. The van der Waals surface area contributed by atoms with E-state index in [0.29, 0.717) is 5.69 Å². The molecule has 0 radical (unpaired) electrons. The van der Waals surface area contributed by atoms with Crippen LogP contribution in [0.5, 0.6) is 5.75 Å². The molecule has 8 nitrogen and oxygen atoms in total. The SMILES string of the molecule is CC(C)c1ccccc1NC(=O)NS/N=C/N1C=CC2=C3N=CN(c4ccc(OC(F)(F)F)cc4)C3C=CC2=C1. The number of nitrogens with zero attached hydrogens (tertiary/aromatic N) is 4. The number of carbonyl (C=O) groups excluding carboxylic acids is 1. The van der Waals surface area contributed by atoms with Crippen molar-refractivity contribution in [3.63, 3.8) is 0 Å². The third-order valence-corrected chi connectivity index (χ3v) is 6.69. The zero-order chi connectivity index (χ0) is 28.3. The highest BCUT2D eigenvalue weighted by atomic mass is 32.2. The van der Waals surface area contributed by atoms with Crippen molar-refractivity contribution in [2.24, 2.45) is 9.39 Å². The number of ether oxygens (including phenoxy) is 1. The fourth-order valence-electron chi connectivity index (χ4n) is 4.43. The molecule has 0 saturated heterocycles. The lowest BCUT2D eigenvalue weighted by atomic mass is 9.93. The summed E-state index contributed by atoms with van der Waals surface area (Å²) in [5.74, 6) is -0.00542. The molecule has 1 atom stereocenters. The van der Waals surface area contributed by atoms with Crippen molar-refractivity contribution < 1.29 is 22.7 Å². The van der Waals surface area contributed by atoms with Crippen LogP contribution in [-0.2, 0) is 0 Å². The molecule has 2 amide bonds. The fourth-order valence-corrected chi connectivity index (χ4v) is 4.78. The summed E-state index contributed by atoms with van der Waals surface area (Å²) in [4.78, 5) is 20.5. The Morgan fingerprint density at radius 1 is 1.15 bits per heavy atom. The lowest BCUT2D eigenvalue weighted by molar-refractivity contribution is -0.274. The predicted octanol–water partition coefficient (Wildman–Crippen LogP) is 6.88. The molecule has 3 aliphatic rings. The monoisotopic (exact) mass is 566 g/mol. The molecule has 0 spiro atoms. The number of para-hydroxylation sites is 1. The van der Waals surface area contributed by atoms with Gasteiger partial charge in [-0.3, -0.25) is 4.72 Å². The standard InChI is InChI=1S/C28H25F3N6O2S/c1-18(2)22-5-3-4-6-24(22)34-27(38)35-40-33-17-36-14-13-23-19(15-36)7-12-25-26(23)32-16-37(25)20-8-10-21(11-9-20)39-28(29,30)31/h3-18,25H,1-2H3,(H2,34,35,38)/b33-17+. The van der Waals surface area contributed by atoms with E-state index in [0.717, 1.165) is 40.2 Å². The molecule has 5 rings (SSSR count). The van der Waals surface area contributed by atoms with Crippen molar-refractivity contribution in [1.29, 1.82) is 0 Å². The van der Waals surface area contributed by atoms with Gasteiger partial charge in [-0.15, -0.1) is 13.2 Å². The van der Waals surface area contributed by atoms with E-state index in [9.17, 15) is 18.0 Å². The molecule has 1 aliphatic carbocycles. The Hall–Kier alpha value is -4.45. The highest BCUT2D eigenvalue weighted by Gasteiger charge is 2.33. The Balaban J connectivity index is 1.17. The summed E-state index contributed by atoms with van der Waals surface area (Å²) in [5, 5.41) is 2.85. The van der Waals surface area contributed by atoms with Gasteiger partial charge in [0.1, 0.15) is 12.1 Å². The first-order chi connectivity index (χ1) is 19.2. The van der Waals surface area contributed by atoms with Crippen molar-refractivity contribution in [1.82, 2.24) is 9.62 Å². The van der Waals surface area contributed by atoms with Gasteiger partial charge in [-0.1, -0.05) is 44.2 Å². The van der Waals surface area contributed by atoms with Crippen LogP contribution in [-0.4, -0.2) is 36.0 Å². The number of aliphatic imine (C=N–C) groups is 1. The van der Waals surface area contributed by atoms with Crippen molar-refractivity contribution in [3.05, 3.63) is 102 Å². The number of alkyl halides is 3. The van der Waals surface area contributed by atoms with E-state index in [4.69, 9.17) is 0 Å². The first-order valence-corrected chi connectivity index (χ1v) is 13.1. The van der Waals surface area contributed by atoms with Crippen molar-refractivity contribution in [3.8, 4) is 5.75 Å². The largest absolute Gasteiger partial charge is 0.573 e. The van der Waals surface area contributed by atoms with Crippen molar-refractivity contribution in [2.75, 3.05) is 10.2 Å². The second-order valence-corrected chi connectivity index (χ2v) is 9.85. The second kappa shape index (κ2) is 11.3. The summed E-state index contributed by atoms with van der Waals surface area (Å²) in [7, 11) is 0. The lowest BCUT2D eigenvalue weighted by Crippen LogP contribution is -2.31. The number of allylic oxidation sites excluding steroid dienone is 4. The number of halogens is 3. The van der Waals surface area contributed by atoms with E-state index >= 15 is 0 Å². The molecule has 0 aromatic heterocycles. The molecule has 2 aromatic carbocycles. The number of urea groups is 1. The number of hydrogen-bond acceptors (Lipinski definition) is 6. The van der Waals surface area contributed by atoms with E-state index in [1.54, 1.807) is 29.7 Å². The van der Waals surface area contributed by atoms with Crippen LogP contribution in [0, 0.1) is 0 Å². The average molecular weight is 567 g/mol. The molecule has 206 valence electrons. The number of amides is 2. The third kappa shape index (κ3) is 6.23. The van der Waals surface area contributed by atoms with Gasteiger partial charge in [0.05, 0.1) is 30.2 Å². The summed E-state index contributed by atoms with van der Waals surface area (Å²) in [6.07, 6.45) is 8.07. The van der Waals surface area contributed by atoms with Crippen molar-refractivity contribution in [2.45, 2.75) is 32.2 Å². The maximum Gasteiger partial charge on any atom is 0.573 e. The van der Waals surface area contributed by atoms with Gasteiger partial charge in [-0.2, -0.15) is 4.40 Å². The second-order valence-electron chi connectivity index (χ2n) is 9.25. The Morgan fingerprint density at radius 2 is 1.93 bits per heavy atom. The van der Waals surface area contributed by atoms with Gasteiger partial charge in [-0.25, -0.2) is 9.79 Å². The molecule has 0 fully saturated rings. The minimum Gasteiger partial charge on any atom is -0.406 e. The third-order valence-electron chi connectivity index (χ3n) is 6.22. The van der Waals surface area contributed by atoms with Gasteiger partial charge < -0.3 is 19.9 Å². The van der Waals surface area contributed by atoms with Crippen LogP contribution in [0.15, 0.2) is 105 Å². The number of hydrogen-bond donors (Lipinski definition) is 2. The molecule has 2 aliphatic heterocycles. The minimum absolute atomic E-state index is 0.189. The van der Waals surface area contributed by atoms with Gasteiger partial charge in [0.15, 0.2) is 0 Å². The van der Waals surface area contributed by atoms with E-state index in [2.05, 4.69) is 38.0 Å². The van der Waals surface area contributed by atoms with E-state index in [-0.39, 0.29) is 23.7 Å².